The van der Waals surface area contributed by atoms with E-state index in [2.05, 4.69) is 26.4 Å². The molecule has 0 spiro atoms. The lowest BCUT2D eigenvalue weighted by molar-refractivity contribution is -0.0733. The van der Waals surface area contributed by atoms with Crippen molar-refractivity contribution in [2.24, 2.45) is 0 Å². The molecular formula is C30H27N5O3. The van der Waals surface area contributed by atoms with Gasteiger partial charge in [-0.2, -0.15) is 0 Å². The first-order valence-electron chi connectivity index (χ1n) is 14.2. The first kappa shape index (κ1) is 20.0. The standard InChI is InChI=1S/C30H27N5O3/c1-3-5-18-6-4-7-21-26(18)24-15-25(34(2)28(21)36)27-33-22-9-8-19(14-23(22)35(24)27)20-16-31-29(32-17-20)30(37)10-12-38-13-11-30/h4,6-9,14,16-17,24-25,37H,10-13,15H2,1-2H3/t24-,25-/m1/s1/i2D3. The van der Waals surface area contributed by atoms with Gasteiger partial charge in [0.15, 0.2) is 5.82 Å². The van der Waals surface area contributed by atoms with Crippen molar-refractivity contribution in [1.82, 2.24) is 24.4 Å². The third-order valence-electron chi connectivity index (χ3n) is 7.95. The van der Waals surface area contributed by atoms with Gasteiger partial charge in [-0.05, 0) is 36.8 Å². The molecule has 3 aliphatic heterocycles. The zero-order chi connectivity index (χ0) is 28.5. The summed E-state index contributed by atoms with van der Waals surface area (Å²) < 4.78 is 32.2. The number of hydrogen-bond donors (Lipinski definition) is 1. The van der Waals surface area contributed by atoms with Crippen LogP contribution in [0.2, 0.25) is 0 Å². The Balaban J connectivity index is 1.38. The Morgan fingerprint density at radius 3 is 2.71 bits per heavy atom. The summed E-state index contributed by atoms with van der Waals surface area (Å²) in [6.45, 7) is 0.0212. The summed E-state index contributed by atoms with van der Waals surface area (Å²) >= 11 is 0. The highest BCUT2D eigenvalue weighted by molar-refractivity contribution is 5.98. The normalized spacial score (nSPS) is 22.9. The van der Waals surface area contributed by atoms with Crippen LogP contribution in [0.3, 0.4) is 0 Å². The van der Waals surface area contributed by atoms with Gasteiger partial charge in [0.2, 0.25) is 0 Å². The lowest BCUT2D eigenvalue weighted by atomic mass is 9.93. The molecule has 8 heteroatoms. The Kier molecular flexibility index (Phi) is 4.46. The molecule has 1 amide bonds. The fraction of sp³-hybridized carbons (Fsp3) is 0.333. The van der Waals surface area contributed by atoms with E-state index in [0.717, 1.165) is 27.1 Å². The first-order chi connectivity index (χ1) is 19.7. The summed E-state index contributed by atoms with van der Waals surface area (Å²) in [7, 11) is 0. The zero-order valence-electron chi connectivity index (χ0n) is 23.8. The first-order valence-corrected chi connectivity index (χ1v) is 12.7. The van der Waals surface area contributed by atoms with Crippen molar-refractivity contribution in [3.63, 3.8) is 0 Å². The van der Waals surface area contributed by atoms with Crippen LogP contribution in [-0.2, 0) is 10.3 Å². The molecule has 8 nitrogen and oxygen atoms in total. The number of fused-ring (bicyclic) bond motifs is 9. The molecule has 0 saturated carbocycles. The van der Waals surface area contributed by atoms with Crippen molar-refractivity contribution >= 4 is 16.9 Å². The molecule has 0 radical (unpaired) electrons. The summed E-state index contributed by atoms with van der Waals surface area (Å²) in [5.74, 6) is 6.46. The number of carbonyl (C=O) groups is 1. The molecule has 2 atom stereocenters. The molecule has 38 heavy (non-hydrogen) atoms. The summed E-state index contributed by atoms with van der Waals surface area (Å²) in [6.07, 6.45) is 4.71. The minimum atomic E-state index is -2.65. The quantitative estimate of drug-likeness (QED) is 0.412. The van der Waals surface area contributed by atoms with Gasteiger partial charge in [0, 0.05) is 78.2 Å². The van der Waals surface area contributed by atoms with E-state index in [4.69, 9.17) is 13.8 Å². The zero-order valence-corrected chi connectivity index (χ0v) is 20.8. The Morgan fingerprint density at radius 1 is 1.13 bits per heavy atom. The van der Waals surface area contributed by atoms with Crippen LogP contribution in [0.5, 0.6) is 0 Å². The molecule has 3 aliphatic rings. The predicted molar refractivity (Wildman–Crippen MR) is 141 cm³/mol. The minimum absolute atomic E-state index is 0.319. The second kappa shape index (κ2) is 8.48. The molecule has 1 N–H and O–H groups in total. The van der Waals surface area contributed by atoms with Gasteiger partial charge in [-0.25, -0.2) is 15.0 Å². The third kappa shape index (κ3) is 3.32. The average molecular weight is 509 g/mol. The fourth-order valence-electron chi connectivity index (χ4n) is 6.02. The van der Waals surface area contributed by atoms with Gasteiger partial charge in [-0.1, -0.05) is 18.1 Å². The average Bonchev–Trinajstić information content (AvgIpc) is 3.46. The van der Waals surface area contributed by atoms with Crippen LogP contribution in [0, 0.1) is 11.8 Å². The van der Waals surface area contributed by atoms with Gasteiger partial charge < -0.3 is 19.3 Å². The number of amides is 1. The number of aromatic nitrogens is 4. The Labute approximate surface area is 224 Å². The Hall–Kier alpha value is -4.06. The lowest BCUT2D eigenvalue weighted by Crippen LogP contribution is -2.35. The lowest BCUT2D eigenvalue weighted by Gasteiger charge is -2.30. The van der Waals surface area contributed by atoms with Crippen molar-refractivity contribution in [2.75, 3.05) is 20.2 Å². The summed E-state index contributed by atoms with van der Waals surface area (Å²) in [4.78, 5) is 28.6. The molecule has 1 fully saturated rings. The number of rotatable bonds is 2. The van der Waals surface area contributed by atoms with Gasteiger partial charge in [0.25, 0.3) is 5.91 Å². The number of hydrogen-bond acceptors (Lipinski definition) is 6. The summed E-state index contributed by atoms with van der Waals surface area (Å²) in [6, 6.07) is 10.1. The largest absolute Gasteiger partial charge is 0.382 e. The highest BCUT2D eigenvalue weighted by Crippen LogP contribution is 2.48. The Bertz CT molecular complexity index is 1760. The molecule has 2 bridgehead atoms. The van der Waals surface area contributed by atoms with E-state index >= 15 is 0 Å². The second-order valence-electron chi connectivity index (χ2n) is 10.1. The van der Waals surface area contributed by atoms with E-state index in [1.54, 1.807) is 31.5 Å². The topological polar surface area (TPSA) is 93.4 Å². The van der Waals surface area contributed by atoms with Crippen LogP contribution in [0.1, 0.15) is 75.5 Å². The molecule has 0 unspecified atom stereocenters. The smallest absolute Gasteiger partial charge is 0.254 e. The fourth-order valence-corrected chi connectivity index (χ4v) is 6.02. The van der Waals surface area contributed by atoms with Crippen molar-refractivity contribution in [1.29, 1.82) is 0 Å². The van der Waals surface area contributed by atoms with Crippen LogP contribution in [-0.4, -0.2) is 55.6 Å². The van der Waals surface area contributed by atoms with Gasteiger partial charge in [-0.15, -0.1) is 5.92 Å². The molecule has 0 aliphatic carbocycles. The van der Waals surface area contributed by atoms with Gasteiger partial charge >= 0.3 is 0 Å². The monoisotopic (exact) mass is 508 g/mol. The predicted octanol–water partition coefficient (Wildman–Crippen LogP) is 3.98. The highest BCUT2D eigenvalue weighted by Gasteiger charge is 2.44. The van der Waals surface area contributed by atoms with Gasteiger partial charge in [0.1, 0.15) is 11.4 Å². The maximum atomic E-state index is 13.7. The van der Waals surface area contributed by atoms with Crippen molar-refractivity contribution in [3.05, 3.63) is 77.1 Å². The van der Waals surface area contributed by atoms with E-state index in [1.807, 2.05) is 24.3 Å². The van der Waals surface area contributed by atoms with Crippen LogP contribution in [0.4, 0.5) is 0 Å². The summed E-state index contributed by atoms with van der Waals surface area (Å²) in [5.41, 5.74) is 3.84. The second-order valence-corrected chi connectivity index (χ2v) is 10.1. The number of ether oxygens (including phenoxy) is 1. The molecule has 190 valence electrons. The van der Waals surface area contributed by atoms with Crippen LogP contribution < -0.4 is 0 Å². The molecule has 7 rings (SSSR count). The van der Waals surface area contributed by atoms with Crippen LogP contribution in [0.25, 0.3) is 22.2 Å². The molecule has 2 aromatic heterocycles. The molecule has 2 aromatic carbocycles. The molecular weight excluding hydrogens is 478 g/mol. The van der Waals surface area contributed by atoms with Crippen LogP contribution >= 0.6 is 0 Å². The minimum Gasteiger partial charge on any atom is -0.382 e. The van der Waals surface area contributed by atoms with Gasteiger partial charge in [0.05, 0.1) is 23.1 Å². The van der Waals surface area contributed by atoms with E-state index in [1.165, 1.54) is 0 Å². The molecule has 1 saturated heterocycles. The maximum absolute atomic E-state index is 13.7. The number of nitrogens with zero attached hydrogens (tertiary/aromatic N) is 5. The molecule has 5 heterocycles. The van der Waals surface area contributed by atoms with Crippen LogP contribution in [0.15, 0.2) is 48.8 Å². The van der Waals surface area contributed by atoms with Crippen molar-refractivity contribution in [3.8, 4) is 23.0 Å². The number of benzene rings is 2. The maximum Gasteiger partial charge on any atom is 0.254 e. The molecule has 4 aromatic rings. The third-order valence-corrected chi connectivity index (χ3v) is 7.95. The van der Waals surface area contributed by atoms with Crippen molar-refractivity contribution in [2.45, 2.75) is 43.9 Å². The van der Waals surface area contributed by atoms with E-state index in [-0.39, 0.29) is 6.04 Å². The van der Waals surface area contributed by atoms with Crippen molar-refractivity contribution < 1.29 is 18.8 Å². The van der Waals surface area contributed by atoms with E-state index in [0.29, 0.717) is 60.8 Å². The van der Waals surface area contributed by atoms with Gasteiger partial charge in [-0.3, -0.25) is 4.79 Å². The summed E-state index contributed by atoms with van der Waals surface area (Å²) in [5, 5.41) is 11.0. The number of aliphatic hydroxyl groups is 1. The highest BCUT2D eigenvalue weighted by atomic mass is 16.5. The SMILES string of the molecule is [2H]C([2H])([2H])N1C(=O)c2cccc(C#CC)c2[C@H]2C[C@@H]1c1nc3ccc(-c4cnc(C5(O)CCOCC5)nc4)cc3n12. The Morgan fingerprint density at radius 2 is 1.95 bits per heavy atom. The van der Waals surface area contributed by atoms with E-state index in [9.17, 15) is 9.90 Å². The number of imidazole rings is 1. The van der Waals surface area contributed by atoms with E-state index < -0.39 is 24.5 Å². The number of carbonyl (C=O) groups excluding carboxylic acids is 1.